The molecule has 0 aliphatic heterocycles. The van der Waals surface area contributed by atoms with E-state index in [2.05, 4.69) is 5.32 Å². The predicted molar refractivity (Wildman–Crippen MR) is 101 cm³/mol. The van der Waals surface area contributed by atoms with Gasteiger partial charge in [-0.1, -0.05) is 6.07 Å². The molecule has 11 nitrogen and oxygen atoms in total. The van der Waals surface area contributed by atoms with Crippen molar-refractivity contribution in [3.05, 3.63) is 70.3 Å². The topological polar surface area (TPSA) is 187 Å². The van der Waals surface area contributed by atoms with Gasteiger partial charge in [-0.3, -0.25) is 14.9 Å². The van der Waals surface area contributed by atoms with Crippen LogP contribution in [0.4, 0.5) is 11.4 Å². The summed E-state index contributed by atoms with van der Waals surface area (Å²) in [6.45, 7) is 0. The number of non-ortho nitro benzene ring substituents is 1. The van der Waals surface area contributed by atoms with Gasteiger partial charge < -0.3 is 14.4 Å². The van der Waals surface area contributed by atoms with Gasteiger partial charge >= 0.3 is 59.1 Å². The van der Waals surface area contributed by atoms with Gasteiger partial charge in [0.1, 0.15) is 20.2 Å². The van der Waals surface area contributed by atoms with Crippen LogP contribution in [-0.2, 0) is 20.2 Å². The number of nitro benzene ring substituents is 1. The number of carbonyl (C=O) groups excluding carboxylic acids is 1. The number of anilines is 1. The van der Waals surface area contributed by atoms with Crippen LogP contribution in [-0.4, -0.2) is 36.8 Å². The van der Waals surface area contributed by atoms with Crippen molar-refractivity contribution in [2.45, 2.75) is 9.79 Å². The molecule has 0 radical (unpaired) electrons. The maximum Gasteiger partial charge on any atom is 1.00 e. The van der Waals surface area contributed by atoms with Crippen molar-refractivity contribution in [3.63, 3.8) is 0 Å². The van der Waals surface area contributed by atoms with Gasteiger partial charge in [0.2, 0.25) is 0 Å². The van der Waals surface area contributed by atoms with Gasteiger partial charge in [0.15, 0.2) is 0 Å². The summed E-state index contributed by atoms with van der Waals surface area (Å²) in [4.78, 5) is 20.5. The number of hydrogen-bond donors (Lipinski definition) is 1. The minimum Gasteiger partial charge on any atom is -0.744 e. The van der Waals surface area contributed by atoms with Crippen LogP contribution in [0.25, 0.3) is 10.8 Å². The molecule has 0 unspecified atom stereocenters. The van der Waals surface area contributed by atoms with E-state index in [0.717, 1.165) is 24.3 Å². The normalized spacial score (nSPS) is 11.2. The van der Waals surface area contributed by atoms with Gasteiger partial charge in [-0.05, 0) is 41.8 Å². The molecule has 0 saturated heterocycles. The molecule has 3 rings (SSSR count). The molecule has 1 amide bonds. The first-order chi connectivity index (χ1) is 13.9. The summed E-state index contributed by atoms with van der Waals surface area (Å²) in [7, 11) is -10.2. The van der Waals surface area contributed by atoms with Crippen molar-refractivity contribution in [2.75, 3.05) is 5.32 Å². The largest absolute Gasteiger partial charge is 1.00 e. The Hall–Kier alpha value is -1.39. The fraction of sp³-hybridized carbons (Fsp3) is 0. The first kappa shape index (κ1) is 28.6. The number of amides is 1. The smallest absolute Gasteiger partial charge is 0.744 e. The monoisotopic (exact) mass is 496 g/mol. The molecule has 15 heteroatoms. The molecule has 3 aromatic rings. The Kier molecular flexibility index (Phi) is 9.57. The Labute approximate surface area is 226 Å². The molecule has 0 bridgehead atoms. The van der Waals surface area contributed by atoms with Crippen molar-refractivity contribution in [2.24, 2.45) is 0 Å². The van der Waals surface area contributed by atoms with Crippen molar-refractivity contribution in [1.29, 1.82) is 0 Å². The average molecular weight is 496 g/mol. The second-order valence-corrected chi connectivity index (χ2v) is 8.75. The number of fused-ring (bicyclic) bond motifs is 1. The zero-order valence-electron chi connectivity index (χ0n) is 16.6. The van der Waals surface area contributed by atoms with Crippen LogP contribution in [0.1, 0.15) is 10.4 Å². The maximum absolute atomic E-state index is 12.3. The first-order valence-electron chi connectivity index (χ1n) is 7.92. The van der Waals surface area contributed by atoms with Crippen LogP contribution in [0, 0.1) is 10.1 Å². The standard InChI is InChI=1S/C17H12N2O9S2.2Na/c20-17(10-2-5-13(6-3-10)19(21)22)18-12-4-1-11-7-14(29(23,24)25)9-16(15(11)8-12)30(26,27)28;;/h1-9H,(H,18,20)(H,23,24,25)(H,26,27,28);;/q;2*+1/p-2. The van der Waals surface area contributed by atoms with Gasteiger partial charge in [-0.2, -0.15) is 0 Å². The molecule has 32 heavy (non-hydrogen) atoms. The fourth-order valence-electron chi connectivity index (χ4n) is 2.66. The van der Waals surface area contributed by atoms with E-state index < -0.39 is 40.9 Å². The summed E-state index contributed by atoms with van der Waals surface area (Å²) in [6.07, 6.45) is 0. The van der Waals surface area contributed by atoms with Crippen molar-refractivity contribution in [3.8, 4) is 0 Å². The molecule has 0 saturated carbocycles. The quantitative estimate of drug-likeness (QED) is 0.158. The summed E-state index contributed by atoms with van der Waals surface area (Å²) in [5.41, 5.74) is -0.0784. The van der Waals surface area contributed by atoms with E-state index in [1.807, 2.05) is 0 Å². The van der Waals surface area contributed by atoms with Gasteiger partial charge in [0, 0.05) is 28.8 Å². The summed E-state index contributed by atoms with van der Waals surface area (Å²) in [5.74, 6) is -0.672. The zero-order valence-corrected chi connectivity index (χ0v) is 22.3. The van der Waals surface area contributed by atoms with Gasteiger partial charge in [0.05, 0.1) is 14.7 Å². The van der Waals surface area contributed by atoms with E-state index in [4.69, 9.17) is 0 Å². The summed E-state index contributed by atoms with van der Waals surface area (Å²) < 4.78 is 68.4. The number of benzene rings is 3. The van der Waals surface area contributed by atoms with Crippen LogP contribution in [0.15, 0.2) is 64.4 Å². The minimum absolute atomic E-state index is 0. The minimum atomic E-state index is -5.15. The van der Waals surface area contributed by atoms with E-state index in [-0.39, 0.29) is 86.8 Å². The second-order valence-electron chi connectivity index (χ2n) is 6.02. The Balaban J connectivity index is 0.00000256. The Morgan fingerprint density at radius 3 is 1.94 bits per heavy atom. The third-order valence-corrected chi connectivity index (χ3v) is 5.74. The Bertz CT molecular complexity index is 1410. The summed E-state index contributed by atoms with van der Waals surface area (Å²) in [5, 5.41) is 12.9. The van der Waals surface area contributed by atoms with Crippen LogP contribution in [0.5, 0.6) is 0 Å². The number of nitrogens with zero attached hydrogens (tertiary/aromatic N) is 1. The molecule has 0 aliphatic carbocycles. The molecule has 0 fully saturated rings. The van der Waals surface area contributed by atoms with Gasteiger partial charge in [-0.15, -0.1) is 0 Å². The molecule has 0 atom stereocenters. The number of rotatable bonds is 5. The number of carbonyl (C=O) groups is 1. The maximum atomic E-state index is 12.3. The third kappa shape index (κ3) is 6.57. The average Bonchev–Trinajstić information content (AvgIpc) is 2.65. The van der Waals surface area contributed by atoms with Crippen molar-refractivity contribution in [1.82, 2.24) is 0 Å². The summed E-state index contributed by atoms with van der Waals surface area (Å²) >= 11 is 0. The van der Waals surface area contributed by atoms with Crippen LogP contribution >= 0.6 is 0 Å². The van der Waals surface area contributed by atoms with Crippen LogP contribution in [0.2, 0.25) is 0 Å². The molecule has 1 N–H and O–H groups in total. The molecule has 0 aromatic heterocycles. The van der Waals surface area contributed by atoms with Gasteiger partial charge in [-0.25, -0.2) is 16.8 Å². The van der Waals surface area contributed by atoms with E-state index in [9.17, 15) is 40.8 Å². The molecular weight excluding hydrogens is 486 g/mol. The van der Waals surface area contributed by atoms with Crippen LogP contribution in [0.3, 0.4) is 0 Å². The van der Waals surface area contributed by atoms with E-state index >= 15 is 0 Å². The van der Waals surface area contributed by atoms with Gasteiger partial charge in [0.25, 0.3) is 11.6 Å². The SMILES string of the molecule is O=C(Nc1ccc2cc(S(=O)(=O)[O-])cc(S(=O)(=O)[O-])c2c1)c1ccc([N+](=O)[O-])cc1.[Na+].[Na+]. The third-order valence-electron chi connectivity index (χ3n) is 4.05. The van der Waals surface area contributed by atoms with Crippen molar-refractivity contribution >= 4 is 48.3 Å². The Morgan fingerprint density at radius 1 is 0.844 bits per heavy atom. The number of nitro groups is 1. The van der Waals surface area contributed by atoms with Crippen molar-refractivity contribution < 1.29 is 94.8 Å². The van der Waals surface area contributed by atoms with Crippen LogP contribution < -0.4 is 64.4 Å². The summed E-state index contributed by atoms with van der Waals surface area (Å²) in [6, 6.07) is 9.72. The number of hydrogen-bond acceptors (Lipinski definition) is 9. The molecule has 3 aromatic carbocycles. The zero-order chi connectivity index (χ0) is 22.3. The molecular formula is C17H10N2Na2O9S2. The number of nitrogens with one attached hydrogen (secondary N) is 1. The fourth-order valence-corrected chi connectivity index (χ4v) is 3.99. The van der Waals surface area contributed by atoms with E-state index in [1.165, 1.54) is 24.3 Å². The molecule has 0 spiro atoms. The molecule has 0 heterocycles. The predicted octanol–water partition coefficient (Wildman–Crippen LogP) is -4.18. The first-order valence-corrected chi connectivity index (χ1v) is 10.7. The molecule has 156 valence electrons. The second kappa shape index (κ2) is 10.7. The molecule has 0 aliphatic rings. The van der Waals surface area contributed by atoms with E-state index in [0.29, 0.717) is 6.07 Å². The Morgan fingerprint density at radius 2 is 1.44 bits per heavy atom. The van der Waals surface area contributed by atoms with E-state index in [1.54, 1.807) is 0 Å².